The number of aryl methyl sites for hydroxylation is 1. The Balaban J connectivity index is 1.45. The molecule has 148 valence electrons. The zero-order chi connectivity index (χ0) is 20.6. The predicted octanol–water partition coefficient (Wildman–Crippen LogP) is 2.03. The van der Waals surface area contributed by atoms with Crippen LogP contribution in [0.15, 0.2) is 48.5 Å². The first-order chi connectivity index (χ1) is 13.9. The van der Waals surface area contributed by atoms with E-state index in [0.29, 0.717) is 12.8 Å². The minimum Gasteiger partial charge on any atom is -0.459 e. The number of carbonyl (C=O) groups excluding carboxylic acids is 3. The van der Waals surface area contributed by atoms with Crippen molar-refractivity contribution in [3.8, 4) is 0 Å². The molecular formula is C20H17N3O6. The van der Waals surface area contributed by atoms with Crippen molar-refractivity contribution in [2.45, 2.75) is 25.0 Å². The fourth-order valence-corrected chi connectivity index (χ4v) is 3.88. The summed E-state index contributed by atoms with van der Waals surface area (Å²) in [4.78, 5) is 48.9. The lowest BCUT2D eigenvalue weighted by molar-refractivity contribution is -0.385. The van der Waals surface area contributed by atoms with E-state index in [0.717, 1.165) is 16.0 Å². The molecule has 0 aromatic heterocycles. The van der Waals surface area contributed by atoms with Crippen molar-refractivity contribution < 1.29 is 24.0 Å². The van der Waals surface area contributed by atoms with Crippen molar-refractivity contribution in [3.05, 3.63) is 75.3 Å². The smallest absolute Gasteiger partial charge is 0.326 e. The second kappa shape index (κ2) is 7.01. The lowest BCUT2D eigenvalue weighted by Crippen LogP contribution is -2.42. The number of nitro groups is 1. The van der Waals surface area contributed by atoms with Gasteiger partial charge in [0.1, 0.15) is 18.7 Å². The molecule has 1 heterocycles. The second-order valence-corrected chi connectivity index (χ2v) is 6.93. The van der Waals surface area contributed by atoms with Crippen LogP contribution < -0.4 is 5.32 Å². The molecule has 1 saturated heterocycles. The monoisotopic (exact) mass is 395 g/mol. The molecule has 1 aliphatic carbocycles. The van der Waals surface area contributed by atoms with Gasteiger partial charge in [-0.3, -0.25) is 24.6 Å². The van der Waals surface area contributed by atoms with Gasteiger partial charge in [-0.15, -0.1) is 0 Å². The lowest BCUT2D eigenvalue weighted by Gasteiger charge is -2.22. The fourth-order valence-electron chi connectivity index (χ4n) is 3.88. The molecule has 1 fully saturated rings. The number of nitro benzene ring substituents is 1. The van der Waals surface area contributed by atoms with Crippen LogP contribution in [0.2, 0.25) is 0 Å². The van der Waals surface area contributed by atoms with Crippen molar-refractivity contribution in [2.24, 2.45) is 0 Å². The quantitative estimate of drug-likeness (QED) is 0.358. The fraction of sp³-hybridized carbons (Fsp3) is 0.250. The number of rotatable bonds is 5. The van der Waals surface area contributed by atoms with E-state index in [2.05, 4.69) is 5.32 Å². The van der Waals surface area contributed by atoms with Gasteiger partial charge in [-0.2, -0.15) is 0 Å². The maximum Gasteiger partial charge on any atom is 0.326 e. The van der Waals surface area contributed by atoms with Crippen LogP contribution in [-0.2, 0) is 32.9 Å². The number of fused-ring (bicyclic) bond motifs is 2. The van der Waals surface area contributed by atoms with Crippen LogP contribution in [0.4, 0.5) is 10.5 Å². The number of hydrogen-bond acceptors (Lipinski definition) is 6. The zero-order valence-electron chi connectivity index (χ0n) is 15.3. The van der Waals surface area contributed by atoms with Gasteiger partial charge in [-0.05, 0) is 30.0 Å². The van der Waals surface area contributed by atoms with Gasteiger partial charge in [-0.1, -0.05) is 36.4 Å². The van der Waals surface area contributed by atoms with Crippen molar-refractivity contribution in [2.75, 3.05) is 6.54 Å². The molecule has 0 saturated carbocycles. The second-order valence-electron chi connectivity index (χ2n) is 6.93. The number of carbonyl (C=O) groups is 3. The molecule has 1 atom stereocenters. The molecular weight excluding hydrogens is 378 g/mol. The maximum atomic E-state index is 13.0. The number of nitrogens with zero attached hydrogens (tertiary/aromatic N) is 2. The molecule has 1 aliphatic heterocycles. The summed E-state index contributed by atoms with van der Waals surface area (Å²) in [7, 11) is 0. The minimum atomic E-state index is -1.15. The summed E-state index contributed by atoms with van der Waals surface area (Å²) in [6, 6.07) is 12.6. The molecule has 0 radical (unpaired) electrons. The van der Waals surface area contributed by atoms with E-state index in [-0.39, 0.29) is 17.9 Å². The largest absolute Gasteiger partial charge is 0.459 e. The molecule has 2 aliphatic rings. The minimum absolute atomic E-state index is 0.170. The number of nitrogens with one attached hydrogen (secondary N) is 1. The molecule has 1 spiro atoms. The zero-order valence-corrected chi connectivity index (χ0v) is 15.3. The van der Waals surface area contributed by atoms with Gasteiger partial charge in [-0.25, -0.2) is 4.79 Å². The summed E-state index contributed by atoms with van der Waals surface area (Å²) in [5.74, 6) is -1.31. The van der Waals surface area contributed by atoms with E-state index >= 15 is 0 Å². The van der Waals surface area contributed by atoms with Crippen LogP contribution in [0.1, 0.15) is 23.1 Å². The van der Waals surface area contributed by atoms with Gasteiger partial charge in [0.2, 0.25) is 0 Å². The van der Waals surface area contributed by atoms with Gasteiger partial charge in [0.25, 0.3) is 11.6 Å². The van der Waals surface area contributed by atoms with Crippen molar-refractivity contribution in [1.82, 2.24) is 10.2 Å². The third-order valence-corrected chi connectivity index (χ3v) is 5.29. The highest BCUT2D eigenvalue weighted by Gasteiger charge is 2.55. The Morgan fingerprint density at radius 1 is 1.17 bits per heavy atom. The summed E-state index contributed by atoms with van der Waals surface area (Å²) >= 11 is 0. The van der Waals surface area contributed by atoms with Crippen LogP contribution >= 0.6 is 0 Å². The molecule has 2 aromatic carbocycles. The van der Waals surface area contributed by atoms with E-state index in [4.69, 9.17) is 4.74 Å². The Morgan fingerprint density at radius 2 is 1.90 bits per heavy atom. The molecule has 0 bridgehead atoms. The normalized spacial score (nSPS) is 19.9. The van der Waals surface area contributed by atoms with Crippen molar-refractivity contribution in [1.29, 1.82) is 0 Å². The number of benzene rings is 2. The molecule has 29 heavy (non-hydrogen) atoms. The predicted molar refractivity (Wildman–Crippen MR) is 99.6 cm³/mol. The summed E-state index contributed by atoms with van der Waals surface area (Å²) in [5.41, 5.74) is 0.642. The van der Waals surface area contributed by atoms with Crippen LogP contribution in [0.3, 0.4) is 0 Å². The number of imide groups is 1. The first kappa shape index (κ1) is 18.6. The van der Waals surface area contributed by atoms with E-state index in [1.165, 1.54) is 18.2 Å². The van der Waals surface area contributed by atoms with Crippen molar-refractivity contribution >= 4 is 23.6 Å². The average Bonchev–Trinajstić information content (AvgIpc) is 3.20. The molecule has 1 unspecified atom stereocenters. The Hall–Kier alpha value is -3.75. The van der Waals surface area contributed by atoms with E-state index < -0.39 is 34.9 Å². The van der Waals surface area contributed by atoms with Crippen LogP contribution in [0.25, 0.3) is 0 Å². The number of para-hydroxylation sites is 1. The molecule has 4 rings (SSSR count). The van der Waals surface area contributed by atoms with Gasteiger partial charge >= 0.3 is 12.0 Å². The third kappa shape index (κ3) is 3.10. The van der Waals surface area contributed by atoms with Crippen LogP contribution in [0.5, 0.6) is 0 Å². The number of ether oxygens (including phenoxy) is 1. The topological polar surface area (TPSA) is 119 Å². The summed E-state index contributed by atoms with van der Waals surface area (Å²) < 4.78 is 5.08. The number of esters is 1. The highest BCUT2D eigenvalue weighted by atomic mass is 16.6. The molecule has 3 amide bonds. The average molecular weight is 395 g/mol. The van der Waals surface area contributed by atoms with E-state index in [9.17, 15) is 24.5 Å². The Bertz CT molecular complexity index is 1040. The first-order valence-corrected chi connectivity index (χ1v) is 9.03. The first-order valence-electron chi connectivity index (χ1n) is 9.03. The van der Waals surface area contributed by atoms with Gasteiger partial charge in [0.15, 0.2) is 0 Å². The SMILES string of the molecule is O=C(CN1C(=O)NC2(CCc3ccccc32)C1=O)OCc1ccccc1[N+](=O)[O-]. The van der Waals surface area contributed by atoms with E-state index in [1.54, 1.807) is 18.2 Å². The standard InChI is InChI=1S/C20H17N3O6/c24-17(29-12-14-6-2-4-8-16(14)23(27)28)11-22-18(25)20(21-19(22)26)10-9-13-5-1-3-7-15(13)20/h1-8H,9-12H2,(H,21,26). The summed E-state index contributed by atoms with van der Waals surface area (Å²) in [5, 5.41) is 13.8. The maximum absolute atomic E-state index is 13.0. The van der Waals surface area contributed by atoms with Crippen LogP contribution in [-0.4, -0.2) is 34.3 Å². The van der Waals surface area contributed by atoms with Crippen molar-refractivity contribution in [3.63, 3.8) is 0 Å². The Morgan fingerprint density at radius 3 is 2.69 bits per heavy atom. The Labute approximate surface area is 165 Å². The summed E-state index contributed by atoms with van der Waals surface area (Å²) in [6.07, 6.45) is 1.08. The molecule has 1 N–H and O–H groups in total. The van der Waals surface area contributed by atoms with Gasteiger partial charge < -0.3 is 10.1 Å². The molecule has 9 nitrogen and oxygen atoms in total. The third-order valence-electron chi connectivity index (χ3n) is 5.29. The molecule has 9 heteroatoms. The molecule has 2 aromatic rings. The Kier molecular flexibility index (Phi) is 4.50. The van der Waals surface area contributed by atoms with Gasteiger partial charge in [0, 0.05) is 6.07 Å². The number of hydrogen-bond donors (Lipinski definition) is 1. The lowest BCUT2D eigenvalue weighted by atomic mass is 9.92. The number of urea groups is 1. The highest BCUT2D eigenvalue weighted by Crippen LogP contribution is 2.41. The highest BCUT2D eigenvalue weighted by molar-refractivity contribution is 6.09. The van der Waals surface area contributed by atoms with Crippen LogP contribution in [0, 0.1) is 10.1 Å². The summed E-state index contributed by atoms with van der Waals surface area (Å²) in [6.45, 7) is -0.886. The van der Waals surface area contributed by atoms with Gasteiger partial charge in [0.05, 0.1) is 10.5 Å². The number of amides is 3. The van der Waals surface area contributed by atoms with E-state index in [1.807, 2.05) is 12.1 Å².